The topological polar surface area (TPSA) is 15.3 Å². The molecule has 0 aromatic heterocycles. The fourth-order valence-corrected chi connectivity index (χ4v) is 2.91. The molecule has 0 aromatic rings. The third-order valence-electron chi connectivity index (χ3n) is 3.36. The third-order valence-corrected chi connectivity index (χ3v) is 4.05. The van der Waals surface area contributed by atoms with Crippen molar-refractivity contribution in [1.82, 2.24) is 10.2 Å². The molecule has 1 N–H and O–H groups in total. The summed E-state index contributed by atoms with van der Waals surface area (Å²) >= 11 is 1.96. The van der Waals surface area contributed by atoms with Crippen LogP contribution < -0.4 is 5.32 Å². The van der Waals surface area contributed by atoms with Gasteiger partial charge in [-0.15, -0.1) is 0 Å². The highest BCUT2D eigenvalue weighted by atomic mass is 32.2. The molecule has 0 spiro atoms. The lowest BCUT2D eigenvalue weighted by molar-refractivity contribution is 0.206. The highest BCUT2D eigenvalue weighted by Crippen LogP contribution is 2.13. The van der Waals surface area contributed by atoms with E-state index in [0.29, 0.717) is 0 Å². The molecule has 1 atom stereocenters. The molecule has 0 saturated carbocycles. The van der Waals surface area contributed by atoms with E-state index in [1.165, 1.54) is 64.0 Å². The molecule has 0 amide bonds. The van der Waals surface area contributed by atoms with Crippen LogP contribution in [0.25, 0.3) is 0 Å². The standard InChI is InChI=1S/C13H28N2S/c1-15-9-6-7-13(12-15)11-14-8-4-3-5-10-16-2/h13-14H,3-12H2,1-2H3. The zero-order chi connectivity index (χ0) is 11.6. The maximum absolute atomic E-state index is 3.62. The summed E-state index contributed by atoms with van der Waals surface area (Å²) in [6.07, 6.45) is 9.12. The lowest BCUT2D eigenvalue weighted by Gasteiger charge is -2.29. The highest BCUT2D eigenvalue weighted by Gasteiger charge is 2.15. The minimum Gasteiger partial charge on any atom is -0.316 e. The number of rotatable bonds is 8. The zero-order valence-electron chi connectivity index (χ0n) is 11.0. The number of unbranched alkanes of at least 4 members (excludes halogenated alkanes) is 2. The van der Waals surface area contributed by atoms with Crippen molar-refractivity contribution in [1.29, 1.82) is 0 Å². The lowest BCUT2D eigenvalue weighted by Crippen LogP contribution is -2.37. The van der Waals surface area contributed by atoms with Crippen molar-refractivity contribution in [3.8, 4) is 0 Å². The summed E-state index contributed by atoms with van der Waals surface area (Å²) in [5.74, 6) is 2.22. The summed E-state index contributed by atoms with van der Waals surface area (Å²) in [7, 11) is 2.24. The van der Waals surface area contributed by atoms with Crippen molar-refractivity contribution < 1.29 is 0 Å². The van der Waals surface area contributed by atoms with Crippen LogP contribution >= 0.6 is 11.8 Å². The number of nitrogens with zero attached hydrogens (tertiary/aromatic N) is 1. The van der Waals surface area contributed by atoms with E-state index in [2.05, 4.69) is 23.5 Å². The van der Waals surface area contributed by atoms with E-state index in [9.17, 15) is 0 Å². The average Bonchev–Trinajstić information content (AvgIpc) is 2.28. The Labute approximate surface area is 106 Å². The SMILES string of the molecule is CSCCCCCNCC1CCCN(C)C1. The first-order chi connectivity index (χ1) is 7.83. The number of likely N-dealkylation sites (tertiary alicyclic amines) is 1. The van der Waals surface area contributed by atoms with Crippen molar-refractivity contribution in [2.24, 2.45) is 5.92 Å². The van der Waals surface area contributed by atoms with Gasteiger partial charge in [0.15, 0.2) is 0 Å². The number of piperidine rings is 1. The average molecular weight is 244 g/mol. The van der Waals surface area contributed by atoms with Crippen LogP contribution in [-0.2, 0) is 0 Å². The van der Waals surface area contributed by atoms with E-state index >= 15 is 0 Å². The predicted molar refractivity (Wildman–Crippen MR) is 75.3 cm³/mol. The molecular weight excluding hydrogens is 216 g/mol. The van der Waals surface area contributed by atoms with Crippen LogP contribution in [0.2, 0.25) is 0 Å². The second-order valence-electron chi connectivity index (χ2n) is 5.03. The smallest absolute Gasteiger partial charge is 0.00187 e. The van der Waals surface area contributed by atoms with Crippen molar-refractivity contribution >= 4 is 11.8 Å². The molecule has 1 aliphatic heterocycles. The number of hydrogen-bond acceptors (Lipinski definition) is 3. The molecule has 1 unspecified atom stereocenters. The molecule has 1 heterocycles. The maximum atomic E-state index is 3.62. The van der Waals surface area contributed by atoms with Crippen LogP contribution in [0.4, 0.5) is 0 Å². The molecule has 0 radical (unpaired) electrons. The molecule has 3 heteroatoms. The molecule has 0 aromatic carbocycles. The van der Waals surface area contributed by atoms with E-state index in [-0.39, 0.29) is 0 Å². The predicted octanol–water partition coefficient (Wildman–Crippen LogP) is 2.45. The van der Waals surface area contributed by atoms with Crippen LogP contribution in [-0.4, -0.2) is 50.1 Å². The molecule has 0 aliphatic carbocycles. The first-order valence-electron chi connectivity index (χ1n) is 6.71. The quantitative estimate of drug-likeness (QED) is 0.660. The van der Waals surface area contributed by atoms with Crippen LogP contribution in [0.15, 0.2) is 0 Å². The minimum absolute atomic E-state index is 0.893. The van der Waals surface area contributed by atoms with Gasteiger partial charge in [-0.1, -0.05) is 6.42 Å². The normalized spacial score (nSPS) is 22.5. The van der Waals surface area contributed by atoms with Gasteiger partial charge in [-0.3, -0.25) is 0 Å². The molecular formula is C13H28N2S. The van der Waals surface area contributed by atoms with Crippen molar-refractivity contribution in [3.63, 3.8) is 0 Å². The number of thioether (sulfide) groups is 1. The third kappa shape index (κ3) is 6.77. The Kier molecular flexibility index (Phi) is 8.34. The second kappa shape index (κ2) is 9.32. The summed E-state index contributed by atoms with van der Waals surface area (Å²) < 4.78 is 0. The van der Waals surface area contributed by atoms with Crippen LogP contribution in [0, 0.1) is 5.92 Å². The zero-order valence-corrected chi connectivity index (χ0v) is 11.8. The van der Waals surface area contributed by atoms with Gasteiger partial charge in [-0.25, -0.2) is 0 Å². The molecule has 1 fully saturated rings. The number of nitrogens with one attached hydrogen (secondary N) is 1. The van der Waals surface area contributed by atoms with Crippen molar-refractivity contribution in [3.05, 3.63) is 0 Å². The van der Waals surface area contributed by atoms with Gasteiger partial charge in [0, 0.05) is 6.54 Å². The Morgan fingerprint density at radius 2 is 2.19 bits per heavy atom. The van der Waals surface area contributed by atoms with Crippen molar-refractivity contribution in [2.45, 2.75) is 32.1 Å². The van der Waals surface area contributed by atoms with Crippen LogP contribution in [0.5, 0.6) is 0 Å². The minimum atomic E-state index is 0.893. The van der Waals surface area contributed by atoms with Crippen LogP contribution in [0.3, 0.4) is 0 Å². The van der Waals surface area contributed by atoms with E-state index in [1.54, 1.807) is 0 Å². The van der Waals surface area contributed by atoms with Gasteiger partial charge in [0.05, 0.1) is 0 Å². The molecule has 1 rings (SSSR count). The molecule has 0 bridgehead atoms. The Morgan fingerprint density at radius 3 is 2.94 bits per heavy atom. The Bertz CT molecular complexity index is 164. The van der Waals surface area contributed by atoms with E-state index in [4.69, 9.17) is 0 Å². The fourth-order valence-electron chi connectivity index (χ4n) is 2.42. The summed E-state index contributed by atoms with van der Waals surface area (Å²) in [6, 6.07) is 0. The molecule has 1 saturated heterocycles. The molecule has 1 aliphatic rings. The fraction of sp³-hybridized carbons (Fsp3) is 1.00. The Balaban J connectivity index is 1.86. The van der Waals surface area contributed by atoms with E-state index < -0.39 is 0 Å². The van der Waals surface area contributed by atoms with Gasteiger partial charge < -0.3 is 10.2 Å². The Hall–Kier alpha value is 0.270. The summed E-state index contributed by atoms with van der Waals surface area (Å²) in [5, 5.41) is 3.62. The molecule has 96 valence electrons. The van der Waals surface area contributed by atoms with Gasteiger partial charge in [0.25, 0.3) is 0 Å². The van der Waals surface area contributed by atoms with Gasteiger partial charge in [0.1, 0.15) is 0 Å². The molecule has 2 nitrogen and oxygen atoms in total. The van der Waals surface area contributed by atoms with Gasteiger partial charge in [-0.2, -0.15) is 11.8 Å². The monoisotopic (exact) mass is 244 g/mol. The highest BCUT2D eigenvalue weighted by molar-refractivity contribution is 7.98. The van der Waals surface area contributed by atoms with Crippen molar-refractivity contribution in [2.75, 3.05) is 45.2 Å². The summed E-state index contributed by atoms with van der Waals surface area (Å²) in [6.45, 7) is 5.03. The first kappa shape index (κ1) is 14.3. The van der Waals surface area contributed by atoms with Crippen LogP contribution in [0.1, 0.15) is 32.1 Å². The van der Waals surface area contributed by atoms with Gasteiger partial charge in [-0.05, 0) is 70.3 Å². The van der Waals surface area contributed by atoms with E-state index in [1.807, 2.05) is 11.8 Å². The lowest BCUT2D eigenvalue weighted by atomic mass is 9.98. The summed E-state index contributed by atoms with van der Waals surface area (Å²) in [5.41, 5.74) is 0. The molecule has 16 heavy (non-hydrogen) atoms. The number of hydrogen-bond donors (Lipinski definition) is 1. The largest absolute Gasteiger partial charge is 0.316 e. The Morgan fingerprint density at radius 1 is 1.31 bits per heavy atom. The first-order valence-corrected chi connectivity index (χ1v) is 8.10. The van der Waals surface area contributed by atoms with Gasteiger partial charge >= 0.3 is 0 Å². The van der Waals surface area contributed by atoms with E-state index in [0.717, 1.165) is 5.92 Å². The maximum Gasteiger partial charge on any atom is 0.00187 e. The van der Waals surface area contributed by atoms with Gasteiger partial charge in [0.2, 0.25) is 0 Å². The summed E-state index contributed by atoms with van der Waals surface area (Å²) in [4.78, 5) is 2.47. The second-order valence-corrected chi connectivity index (χ2v) is 6.01.